The number of nitrogens with zero attached hydrogens (tertiary/aromatic N) is 1. The third-order valence-corrected chi connectivity index (χ3v) is 2.92. The molecule has 1 unspecified atom stereocenters. The summed E-state index contributed by atoms with van der Waals surface area (Å²) in [6, 6.07) is -0.0596. The zero-order valence-corrected chi connectivity index (χ0v) is 10.8. The number of rotatable bonds is 9. The molecule has 3 heteroatoms. The van der Waals surface area contributed by atoms with Gasteiger partial charge in [0.1, 0.15) is 0 Å². The lowest BCUT2D eigenvalue weighted by molar-refractivity contribution is -0.133. The molecule has 0 aromatic heterocycles. The van der Waals surface area contributed by atoms with E-state index in [9.17, 15) is 4.79 Å². The Hall–Kier alpha value is -0.830. The van der Waals surface area contributed by atoms with Crippen LogP contribution in [0.4, 0.5) is 0 Å². The molecule has 0 aromatic rings. The van der Waals surface area contributed by atoms with E-state index < -0.39 is 5.97 Å². The lowest BCUT2D eigenvalue weighted by Crippen LogP contribution is -2.37. The van der Waals surface area contributed by atoms with Crippen LogP contribution in [0.25, 0.3) is 0 Å². The quantitative estimate of drug-likeness (QED) is 0.616. The van der Waals surface area contributed by atoms with Crippen molar-refractivity contribution in [3.63, 3.8) is 0 Å². The summed E-state index contributed by atoms with van der Waals surface area (Å²) >= 11 is 0. The van der Waals surface area contributed by atoms with Gasteiger partial charge in [0.05, 0.1) is 0 Å². The molecule has 0 heterocycles. The van der Waals surface area contributed by atoms with Gasteiger partial charge in [0.15, 0.2) is 0 Å². The molecular formula is C13H25NO2. The second-order valence-corrected chi connectivity index (χ2v) is 4.25. The Labute approximate surface area is 99.1 Å². The van der Waals surface area contributed by atoms with Crippen molar-refractivity contribution in [3.8, 4) is 0 Å². The maximum absolute atomic E-state index is 10.9. The number of carboxylic acids is 1. The Kier molecular flexibility index (Phi) is 7.90. The first-order chi connectivity index (χ1) is 7.54. The number of carbonyl (C=O) groups is 1. The van der Waals surface area contributed by atoms with Crippen molar-refractivity contribution >= 4 is 5.97 Å². The number of hydrogen-bond acceptors (Lipinski definition) is 2. The highest BCUT2D eigenvalue weighted by molar-refractivity contribution is 5.87. The maximum atomic E-state index is 10.9. The normalized spacial score (nSPS) is 12.8. The summed E-state index contributed by atoms with van der Waals surface area (Å²) < 4.78 is 0. The van der Waals surface area contributed by atoms with Crippen molar-refractivity contribution in [2.45, 2.75) is 52.5 Å². The predicted molar refractivity (Wildman–Crippen MR) is 67.6 cm³/mol. The number of hydrogen-bond donors (Lipinski definition) is 1. The Morgan fingerprint density at radius 2 is 1.69 bits per heavy atom. The van der Waals surface area contributed by atoms with E-state index in [0.717, 1.165) is 38.8 Å². The third-order valence-electron chi connectivity index (χ3n) is 2.92. The molecule has 94 valence electrons. The minimum Gasteiger partial charge on any atom is -0.478 e. The molecule has 0 radical (unpaired) electrons. The van der Waals surface area contributed by atoms with Gasteiger partial charge in [-0.2, -0.15) is 0 Å². The van der Waals surface area contributed by atoms with Crippen LogP contribution in [-0.2, 0) is 4.79 Å². The van der Waals surface area contributed by atoms with Crippen LogP contribution in [0.2, 0.25) is 0 Å². The van der Waals surface area contributed by atoms with Gasteiger partial charge in [-0.15, -0.1) is 0 Å². The van der Waals surface area contributed by atoms with Gasteiger partial charge in [0, 0.05) is 11.6 Å². The Morgan fingerprint density at radius 3 is 2.00 bits per heavy atom. The minimum atomic E-state index is -0.884. The van der Waals surface area contributed by atoms with Crippen molar-refractivity contribution in [2.24, 2.45) is 0 Å². The molecule has 3 nitrogen and oxygen atoms in total. The van der Waals surface area contributed by atoms with Gasteiger partial charge in [-0.1, -0.05) is 33.3 Å². The van der Waals surface area contributed by atoms with Crippen LogP contribution < -0.4 is 0 Å². The van der Waals surface area contributed by atoms with Gasteiger partial charge in [-0.3, -0.25) is 4.90 Å². The highest BCUT2D eigenvalue weighted by atomic mass is 16.4. The summed E-state index contributed by atoms with van der Waals surface area (Å²) in [6.45, 7) is 11.8. The molecule has 0 amide bonds. The van der Waals surface area contributed by atoms with E-state index in [1.54, 1.807) is 0 Å². The summed E-state index contributed by atoms with van der Waals surface area (Å²) in [6.07, 6.45) is 4.49. The van der Waals surface area contributed by atoms with Crippen LogP contribution in [0.1, 0.15) is 46.5 Å². The van der Waals surface area contributed by atoms with E-state index in [4.69, 9.17) is 5.11 Å². The van der Waals surface area contributed by atoms with E-state index in [0.29, 0.717) is 5.57 Å². The Balaban J connectivity index is 4.35. The van der Waals surface area contributed by atoms with E-state index in [1.165, 1.54) is 0 Å². The lowest BCUT2D eigenvalue weighted by atomic mass is 10.1. The second-order valence-electron chi connectivity index (χ2n) is 4.25. The molecule has 0 aliphatic heterocycles. The molecule has 0 bridgehead atoms. The van der Waals surface area contributed by atoms with Crippen molar-refractivity contribution in [3.05, 3.63) is 12.2 Å². The van der Waals surface area contributed by atoms with Crippen LogP contribution >= 0.6 is 0 Å². The SMILES string of the molecule is C=C(C(=O)O)C(C)N(CCCC)CCCC. The monoisotopic (exact) mass is 227 g/mol. The molecule has 0 aromatic carbocycles. The Bertz CT molecular complexity index is 218. The fraction of sp³-hybridized carbons (Fsp3) is 0.769. The molecule has 0 saturated heterocycles. The molecule has 0 rings (SSSR count). The molecule has 0 aliphatic rings. The van der Waals surface area contributed by atoms with Gasteiger partial charge >= 0.3 is 5.97 Å². The average Bonchev–Trinajstić information content (AvgIpc) is 2.27. The summed E-state index contributed by atoms with van der Waals surface area (Å²) in [5, 5.41) is 8.93. The first kappa shape index (κ1) is 15.2. The third kappa shape index (κ3) is 5.31. The van der Waals surface area contributed by atoms with Crippen molar-refractivity contribution in [1.29, 1.82) is 0 Å². The minimum absolute atomic E-state index is 0.0596. The number of aliphatic carboxylic acids is 1. The highest BCUT2D eigenvalue weighted by Gasteiger charge is 2.19. The van der Waals surface area contributed by atoms with Gasteiger partial charge in [-0.25, -0.2) is 4.79 Å². The van der Waals surface area contributed by atoms with Crippen LogP contribution in [0.3, 0.4) is 0 Å². The molecule has 0 saturated carbocycles. The smallest absolute Gasteiger partial charge is 0.332 e. The van der Waals surface area contributed by atoms with E-state index in [1.807, 2.05) is 6.92 Å². The fourth-order valence-electron chi connectivity index (χ4n) is 1.62. The largest absolute Gasteiger partial charge is 0.478 e. The molecule has 1 atom stereocenters. The number of carboxylic acid groups (broad SMARTS) is 1. The molecule has 16 heavy (non-hydrogen) atoms. The maximum Gasteiger partial charge on any atom is 0.332 e. The average molecular weight is 227 g/mol. The zero-order chi connectivity index (χ0) is 12.6. The second kappa shape index (κ2) is 8.34. The first-order valence-electron chi connectivity index (χ1n) is 6.20. The van der Waals surface area contributed by atoms with Crippen molar-refractivity contribution in [1.82, 2.24) is 4.90 Å². The van der Waals surface area contributed by atoms with Crippen LogP contribution in [0.5, 0.6) is 0 Å². The first-order valence-corrected chi connectivity index (χ1v) is 6.20. The van der Waals surface area contributed by atoms with Crippen molar-refractivity contribution in [2.75, 3.05) is 13.1 Å². The summed E-state index contributed by atoms with van der Waals surface area (Å²) in [7, 11) is 0. The van der Waals surface area contributed by atoms with E-state index >= 15 is 0 Å². The summed E-state index contributed by atoms with van der Waals surface area (Å²) in [5.74, 6) is -0.884. The van der Waals surface area contributed by atoms with Gasteiger partial charge in [0.2, 0.25) is 0 Å². The predicted octanol–water partition coefficient (Wildman–Crippen LogP) is 2.92. The lowest BCUT2D eigenvalue weighted by Gasteiger charge is -2.29. The van der Waals surface area contributed by atoms with Crippen molar-refractivity contribution < 1.29 is 9.90 Å². The van der Waals surface area contributed by atoms with E-state index in [-0.39, 0.29) is 6.04 Å². The molecular weight excluding hydrogens is 202 g/mol. The fourth-order valence-corrected chi connectivity index (χ4v) is 1.62. The summed E-state index contributed by atoms with van der Waals surface area (Å²) in [4.78, 5) is 13.1. The van der Waals surface area contributed by atoms with Crippen LogP contribution in [-0.4, -0.2) is 35.1 Å². The zero-order valence-electron chi connectivity index (χ0n) is 10.8. The Morgan fingerprint density at radius 1 is 1.25 bits per heavy atom. The van der Waals surface area contributed by atoms with Crippen LogP contribution in [0, 0.1) is 0 Å². The van der Waals surface area contributed by atoms with E-state index in [2.05, 4.69) is 25.3 Å². The molecule has 0 aliphatic carbocycles. The summed E-state index contributed by atoms with van der Waals surface area (Å²) in [5.41, 5.74) is 0.298. The van der Waals surface area contributed by atoms with Gasteiger partial charge in [-0.05, 0) is 32.9 Å². The molecule has 0 fully saturated rings. The molecule has 0 spiro atoms. The highest BCUT2D eigenvalue weighted by Crippen LogP contribution is 2.11. The standard InChI is InChI=1S/C13H25NO2/c1-5-7-9-14(10-8-6-2)12(4)11(3)13(15)16/h12H,3,5-10H2,1-2,4H3,(H,15,16). The molecule has 1 N–H and O–H groups in total. The van der Waals surface area contributed by atoms with Gasteiger partial charge in [0.25, 0.3) is 0 Å². The van der Waals surface area contributed by atoms with Gasteiger partial charge < -0.3 is 5.11 Å². The topological polar surface area (TPSA) is 40.5 Å². The number of unbranched alkanes of at least 4 members (excludes halogenated alkanes) is 2. The van der Waals surface area contributed by atoms with Crippen LogP contribution in [0.15, 0.2) is 12.2 Å².